The third kappa shape index (κ3) is 1.97. The Kier molecular flexibility index (Phi) is 2.73. The fourth-order valence-corrected chi connectivity index (χ4v) is 3.00. The van der Waals surface area contributed by atoms with E-state index in [1.165, 1.54) is 37.2 Å². The maximum absolute atomic E-state index is 4.14. The fraction of sp³-hybridized carbons (Fsp3) is 0.312. The van der Waals surface area contributed by atoms with Crippen molar-refractivity contribution in [3.63, 3.8) is 0 Å². The summed E-state index contributed by atoms with van der Waals surface area (Å²) in [5, 5.41) is 6.93. The molecule has 4 rings (SSSR count). The van der Waals surface area contributed by atoms with Crippen LogP contribution in [-0.4, -0.2) is 18.1 Å². The minimum atomic E-state index is 0.141. The molecule has 2 N–H and O–H groups in total. The number of pyridine rings is 1. The smallest absolute Gasteiger partial charge is 0.123 e. The molecule has 0 bridgehead atoms. The van der Waals surface area contributed by atoms with Gasteiger partial charge in [0.25, 0.3) is 0 Å². The quantitative estimate of drug-likeness (QED) is 0.875. The Labute approximate surface area is 118 Å². The summed E-state index contributed by atoms with van der Waals surface area (Å²) in [6.45, 7) is 2.38. The SMILES string of the molecule is c1cc2c(cn1)N[C@H](c1ccc(N3CCCC3)cc1)N2. The van der Waals surface area contributed by atoms with Crippen molar-refractivity contribution in [1.82, 2.24) is 4.98 Å². The van der Waals surface area contributed by atoms with Crippen LogP contribution < -0.4 is 15.5 Å². The lowest BCUT2D eigenvalue weighted by atomic mass is 10.1. The molecule has 1 aromatic heterocycles. The molecule has 0 unspecified atom stereocenters. The molecule has 0 saturated carbocycles. The summed E-state index contributed by atoms with van der Waals surface area (Å²) >= 11 is 0. The molecule has 0 aliphatic carbocycles. The predicted molar refractivity (Wildman–Crippen MR) is 82.1 cm³/mol. The van der Waals surface area contributed by atoms with Crippen LogP contribution in [0.1, 0.15) is 24.6 Å². The van der Waals surface area contributed by atoms with Crippen LogP contribution in [0.15, 0.2) is 42.7 Å². The standard InChI is InChI=1S/C16H18N4/c1-2-10-20(9-1)13-5-3-12(4-6-13)16-18-14-7-8-17-11-15(14)19-16/h3-8,11,16,18-19H,1-2,9-10H2/t16-/m1/s1. The van der Waals surface area contributed by atoms with Gasteiger partial charge in [0.1, 0.15) is 6.17 Å². The number of nitrogens with zero attached hydrogens (tertiary/aromatic N) is 2. The highest BCUT2D eigenvalue weighted by atomic mass is 15.2. The van der Waals surface area contributed by atoms with E-state index in [0.717, 1.165) is 11.4 Å². The number of hydrogen-bond donors (Lipinski definition) is 2. The van der Waals surface area contributed by atoms with Crippen LogP contribution in [0.25, 0.3) is 0 Å². The van der Waals surface area contributed by atoms with E-state index in [1.807, 2.05) is 18.5 Å². The van der Waals surface area contributed by atoms with E-state index in [9.17, 15) is 0 Å². The van der Waals surface area contributed by atoms with Crippen LogP contribution in [0.4, 0.5) is 17.1 Å². The molecule has 0 amide bonds. The van der Waals surface area contributed by atoms with Crippen molar-refractivity contribution in [3.05, 3.63) is 48.3 Å². The van der Waals surface area contributed by atoms with Gasteiger partial charge in [-0.2, -0.15) is 0 Å². The molecule has 2 aliphatic heterocycles. The lowest BCUT2D eigenvalue weighted by Gasteiger charge is -2.19. The van der Waals surface area contributed by atoms with Gasteiger partial charge in [0, 0.05) is 25.0 Å². The largest absolute Gasteiger partial charge is 0.372 e. The number of aromatic nitrogens is 1. The maximum atomic E-state index is 4.14. The molecule has 3 heterocycles. The second kappa shape index (κ2) is 4.71. The van der Waals surface area contributed by atoms with Crippen molar-refractivity contribution in [2.24, 2.45) is 0 Å². The van der Waals surface area contributed by atoms with Gasteiger partial charge in [-0.25, -0.2) is 0 Å². The summed E-state index contributed by atoms with van der Waals surface area (Å²) < 4.78 is 0. The van der Waals surface area contributed by atoms with Crippen molar-refractivity contribution in [2.45, 2.75) is 19.0 Å². The highest BCUT2D eigenvalue weighted by Crippen LogP contribution is 2.34. The van der Waals surface area contributed by atoms with Gasteiger partial charge in [-0.05, 0) is 36.6 Å². The van der Waals surface area contributed by atoms with Crippen molar-refractivity contribution >= 4 is 17.1 Å². The van der Waals surface area contributed by atoms with Crippen molar-refractivity contribution < 1.29 is 0 Å². The minimum absolute atomic E-state index is 0.141. The molecule has 1 fully saturated rings. The van der Waals surface area contributed by atoms with E-state index < -0.39 is 0 Å². The third-order valence-electron chi connectivity index (χ3n) is 4.12. The first-order valence-corrected chi connectivity index (χ1v) is 7.22. The van der Waals surface area contributed by atoms with E-state index in [0.29, 0.717) is 0 Å². The summed E-state index contributed by atoms with van der Waals surface area (Å²) in [7, 11) is 0. The van der Waals surface area contributed by atoms with E-state index in [4.69, 9.17) is 0 Å². The molecule has 4 heteroatoms. The molecule has 1 aromatic carbocycles. The van der Waals surface area contributed by atoms with Gasteiger partial charge in [-0.3, -0.25) is 4.98 Å². The number of rotatable bonds is 2. The summed E-state index contributed by atoms with van der Waals surface area (Å²) in [5.41, 5.74) is 4.78. The van der Waals surface area contributed by atoms with Gasteiger partial charge < -0.3 is 15.5 Å². The van der Waals surface area contributed by atoms with Gasteiger partial charge in [-0.1, -0.05) is 12.1 Å². The molecular formula is C16H18N4. The molecule has 20 heavy (non-hydrogen) atoms. The molecule has 2 aromatic rings. The van der Waals surface area contributed by atoms with E-state index >= 15 is 0 Å². The zero-order valence-electron chi connectivity index (χ0n) is 11.3. The van der Waals surface area contributed by atoms with Crippen LogP contribution >= 0.6 is 0 Å². The van der Waals surface area contributed by atoms with Crippen molar-refractivity contribution in [2.75, 3.05) is 28.6 Å². The average molecular weight is 266 g/mol. The molecule has 4 nitrogen and oxygen atoms in total. The first kappa shape index (κ1) is 11.6. The number of benzene rings is 1. The Balaban J connectivity index is 1.53. The molecule has 102 valence electrons. The summed E-state index contributed by atoms with van der Waals surface area (Å²) in [6, 6.07) is 10.9. The van der Waals surface area contributed by atoms with Crippen LogP contribution in [-0.2, 0) is 0 Å². The van der Waals surface area contributed by atoms with Crippen LogP contribution in [0.5, 0.6) is 0 Å². The lowest BCUT2D eigenvalue weighted by Crippen LogP contribution is -2.18. The molecule has 0 radical (unpaired) electrons. The van der Waals surface area contributed by atoms with E-state index in [-0.39, 0.29) is 6.17 Å². The zero-order valence-corrected chi connectivity index (χ0v) is 11.3. The number of anilines is 3. The number of hydrogen-bond acceptors (Lipinski definition) is 4. The normalized spacial score (nSPS) is 20.4. The second-order valence-electron chi connectivity index (χ2n) is 5.43. The highest BCUT2D eigenvalue weighted by Gasteiger charge is 2.21. The molecule has 0 spiro atoms. The topological polar surface area (TPSA) is 40.2 Å². The maximum Gasteiger partial charge on any atom is 0.123 e. The van der Waals surface area contributed by atoms with Crippen LogP contribution in [0, 0.1) is 0 Å². The summed E-state index contributed by atoms with van der Waals surface area (Å²) in [6.07, 6.45) is 6.45. The molecule has 1 saturated heterocycles. The van der Waals surface area contributed by atoms with E-state index in [1.54, 1.807) is 0 Å². The van der Waals surface area contributed by atoms with Crippen LogP contribution in [0.2, 0.25) is 0 Å². The Morgan fingerprint density at radius 2 is 1.70 bits per heavy atom. The van der Waals surface area contributed by atoms with Gasteiger partial charge >= 0.3 is 0 Å². The first-order chi connectivity index (χ1) is 9.90. The Morgan fingerprint density at radius 1 is 0.950 bits per heavy atom. The van der Waals surface area contributed by atoms with Gasteiger partial charge in [-0.15, -0.1) is 0 Å². The van der Waals surface area contributed by atoms with Gasteiger partial charge in [0.15, 0.2) is 0 Å². The first-order valence-electron chi connectivity index (χ1n) is 7.22. The van der Waals surface area contributed by atoms with E-state index in [2.05, 4.69) is 44.8 Å². The number of fused-ring (bicyclic) bond motifs is 1. The monoisotopic (exact) mass is 266 g/mol. The summed E-state index contributed by atoms with van der Waals surface area (Å²) in [4.78, 5) is 6.60. The van der Waals surface area contributed by atoms with Crippen molar-refractivity contribution in [3.8, 4) is 0 Å². The van der Waals surface area contributed by atoms with Crippen LogP contribution in [0.3, 0.4) is 0 Å². The van der Waals surface area contributed by atoms with Gasteiger partial charge in [0.2, 0.25) is 0 Å². The van der Waals surface area contributed by atoms with Gasteiger partial charge in [0.05, 0.1) is 17.6 Å². The Morgan fingerprint density at radius 3 is 2.45 bits per heavy atom. The third-order valence-corrected chi connectivity index (χ3v) is 4.12. The Hall–Kier alpha value is -2.23. The zero-order chi connectivity index (χ0) is 13.4. The minimum Gasteiger partial charge on any atom is -0.372 e. The lowest BCUT2D eigenvalue weighted by molar-refractivity contribution is 0.932. The highest BCUT2D eigenvalue weighted by molar-refractivity contribution is 5.73. The predicted octanol–water partition coefficient (Wildman–Crippen LogP) is 3.22. The summed E-state index contributed by atoms with van der Waals surface area (Å²) in [5.74, 6) is 0. The average Bonchev–Trinajstić information content (AvgIpc) is 3.17. The number of nitrogens with one attached hydrogen (secondary N) is 2. The molecular weight excluding hydrogens is 248 g/mol. The second-order valence-corrected chi connectivity index (χ2v) is 5.43. The Bertz CT molecular complexity index is 577. The fourth-order valence-electron chi connectivity index (χ4n) is 3.00. The molecule has 1 atom stereocenters. The molecule has 2 aliphatic rings. The van der Waals surface area contributed by atoms with Crippen molar-refractivity contribution in [1.29, 1.82) is 0 Å².